The number of ketones is 1. The van der Waals surface area contributed by atoms with Crippen molar-refractivity contribution in [3.63, 3.8) is 0 Å². The van der Waals surface area contributed by atoms with Crippen molar-refractivity contribution in [2.45, 2.75) is 26.3 Å². The van der Waals surface area contributed by atoms with E-state index in [0.717, 1.165) is 41.8 Å². The Morgan fingerprint density at radius 3 is 2.60 bits per heavy atom. The molecule has 0 saturated heterocycles. The molecule has 0 bridgehead atoms. The van der Waals surface area contributed by atoms with Crippen LogP contribution in [0.2, 0.25) is 0 Å². The maximum absolute atomic E-state index is 13.3. The van der Waals surface area contributed by atoms with Gasteiger partial charge in [-0.2, -0.15) is 0 Å². The predicted octanol–water partition coefficient (Wildman–Crippen LogP) is 5.41. The van der Waals surface area contributed by atoms with E-state index >= 15 is 0 Å². The lowest BCUT2D eigenvalue weighted by Gasteiger charge is -2.30. The first-order chi connectivity index (χ1) is 17.1. The number of fused-ring (bicyclic) bond motifs is 3. The van der Waals surface area contributed by atoms with Crippen LogP contribution < -0.4 is 18.9 Å². The Morgan fingerprint density at radius 2 is 1.83 bits per heavy atom. The molecule has 0 fully saturated rings. The highest BCUT2D eigenvalue weighted by Crippen LogP contribution is 2.44. The van der Waals surface area contributed by atoms with Gasteiger partial charge in [-0.15, -0.1) is 0 Å². The van der Waals surface area contributed by atoms with Gasteiger partial charge in [0.25, 0.3) is 0 Å². The number of methoxy groups -OCH3 is 2. The predicted molar refractivity (Wildman–Crippen MR) is 134 cm³/mol. The van der Waals surface area contributed by atoms with Crippen molar-refractivity contribution in [2.75, 3.05) is 27.5 Å². The van der Waals surface area contributed by atoms with E-state index < -0.39 is 0 Å². The highest BCUT2D eigenvalue weighted by Gasteiger charge is 2.35. The first-order valence-electron chi connectivity index (χ1n) is 11.8. The fraction of sp³-hybridized carbons (Fsp3) is 0.276. The second-order valence-corrected chi connectivity index (χ2v) is 8.84. The Balaban J connectivity index is 1.36. The molecule has 3 aromatic carbocycles. The molecule has 6 nitrogen and oxygen atoms in total. The molecule has 6 heteroatoms. The number of carbonyl (C=O) groups excluding carboxylic acids is 1. The van der Waals surface area contributed by atoms with Crippen LogP contribution in [0.3, 0.4) is 0 Å². The number of benzene rings is 3. The minimum atomic E-state index is -0.115. The van der Waals surface area contributed by atoms with Gasteiger partial charge in [-0.3, -0.25) is 9.69 Å². The summed E-state index contributed by atoms with van der Waals surface area (Å²) in [6.45, 7) is 4.04. The molecular formula is C29H29NO5. The van der Waals surface area contributed by atoms with Gasteiger partial charge in [-0.05, 0) is 60.7 Å². The Hall–Kier alpha value is -3.77. The van der Waals surface area contributed by atoms with Gasteiger partial charge in [0.2, 0.25) is 5.78 Å². The van der Waals surface area contributed by atoms with E-state index in [4.69, 9.17) is 18.9 Å². The van der Waals surface area contributed by atoms with Crippen LogP contribution >= 0.6 is 0 Å². The summed E-state index contributed by atoms with van der Waals surface area (Å²) in [6, 6.07) is 18.0. The zero-order valence-corrected chi connectivity index (χ0v) is 20.3. The van der Waals surface area contributed by atoms with Crippen molar-refractivity contribution >= 4 is 11.9 Å². The topological polar surface area (TPSA) is 57.2 Å². The van der Waals surface area contributed by atoms with E-state index in [1.54, 1.807) is 20.3 Å². The zero-order chi connectivity index (χ0) is 24.4. The molecule has 3 aromatic rings. The van der Waals surface area contributed by atoms with Crippen LogP contribution in [0.4, 0.5) is 0 Å². The van der Waals surface area contributed by atoms with E-state index in [1.165, 1.54) is 5.56 Å². The van der Waals surface area contributed by atoms with Crippen LogP contribution in [0.15, 0.2) is 60.4 Å². The van der Waals surface area contributed by atoms with Gasteiger partial charge < -0.3 is 18.9 Å². The Morgan fingerprint density at radius 1 is 1.03 bits per heavy atom. The molecule has 0 unspecified atom stereocenters. The molecule has 2 aliphatic heterocycles. The van der Waals surface area contributed by atoms with Crippen molar-refractivity contribution in [1.29, 1.82) is 0 Å². The minimum absolute atomic E-state index is 0.115. The third-order valence-corrected chi connectivity index (χ3v) is 6.48. The first kappa shape index (κ1) is 23.0. The lowest BCUT2D eigenvalue weighted by Crippen LogP contribution is -2.33. The summed E-state index contributed by atoms with van der Waals surface area (Å²) in [5.41, 5.74) is 4.54. The van der Waals surface area contributed by atoms with E-state index in [1.807, 2.05) is 37.3 Å². The van der Waals surface area contributed by atoms with Crippen molar-refractivity contribution in [1.82, 2.24) is 4.90 Å². The van der Waals surface area contributed by atoms with Gasteiger partial charge in [0.1, 0.15) is 18.2 Å². The van der Waals surface area contributed by atoms with E-state index in [0.29, 0.717) is 41.8 Å². The number of Topliss-reactive ketones (excluding diaryl/α,β-unsaturated/α-hetero) is 1. The van der Waals surface area contributed by atoms with Gasteiger partial charge >= 0.3 is 0 Å². The van der Waals surface area contributed by atoms with Crippen LogP contribution in [-0.4, -0.2) is 38.2 Å². The first-order valence-corrected chi connectivity index (χ1v) is 11.8. The SMILES string of the molecule is COc1ccc(/C=C2\Oc3c4c(cc(C)c3C2=O)OCN(CCCc2ccccc2)C4)cc1OC. The van der Waals surface area contributed by atoms with Crippen molar-refractivity contribution in [3.8, 4) is 23.0 Å². The smallest absolute Gasteiger partial charge is 0.232 e. The highest BCUT2D eigenvalue weighted by molar-refractivity contribution is 6.16. The number of carbonyl (C=O) groups is 1. The summed E-state index contributed by atoms with van der Waals surface area (Å²) in [6.07, 6.45) is 3.79. The molecule has 0 aliphatic carbocycles. The van der Waals surface area contributed by atoms with Crippen molar-refractivity contribution in [3.05, 3.63) is 88.2 Å². The highest BCUT2D eigenvalue weighted by atomic mass is 16.5. The number of allylic oxidation sites excluding steroid dienone is 1. The standard InChI is InChI=1S/C29H29NO5/c1-19-14-24-22(17-30(18-34-24)13-7-10-20-8-5-4-6-9-20)29-27(19)28(31)26(35-29)16-21-11-12-23(32-2)25(15-21)33-3/h4-6,8-9,11-12,14-16H,7,10,13,17-18H2,1-3H3/b26-16-. The second kappa shape index (κ2) is 9.84. The quantitative estimate of drug-likeness (QED) is 0.429. The fourth-order valence-electron chi connectivity index (χ4n) is 4.66. The zero-order valence-electron chi connectivity index (χ0n) is 20.3. The summed E-state index contributed by atoms with van der Waals surface area (Å²) in [4.78, 5) is 15.5. The number of hydrogen-bond donors (Lipinski definition) is 0. The van der Waals surface area contributed by atoms with E-state index in [9.17, 15) is 4.79 Å². The molecule has 2 heterocycles. The molecule has 0 aromatic heterocycles. The van der Waals surface area contributed by atoms with Gasteiger partial charge in [0.15, 0.2) is 17.3 Å². The van der Waals surface area contributed by atoms with Gasteiger partial charge in [0, 0.05) is 13.1 Å². The normalized spacial score (nSPS) is 15.9. The molecule has 0 spiro atoms. The van der Waals surface area contributed by atoms with Crippen LogP contribution in [0.25, 0.3) is 6.08 Å². The maximum atomic E-state index is 13.3. The summed E-state index contributed by atoms with van der Waals surface area (Å²) in [5, 5.41) is 0. The maximum Gasteiger partial charge on any atom is 0.232 e. The number of nitrogens with zero attached hydrogens (tertiary/aromatic N) is 1. The molecule has 180 valence electrons. The average molecular weight is 472 g/mol. The third kappa shape index (κ3) is 4.62. The minimum Gasteiger partial charge on any atom is -0.493 e. The summed E-state index contributed by atoms with van der Waals surface area (Å²) >= 11 is 0. The summed E-state index contributed by atoms with van der Waals surface area (Å²) in [5.74, 6) is 2.82. The number of aryl methyl sites for hydroxylation is 2. The molecule has 0 radical (unpaired) electrons. The number of hydrogen-bond acceptors (Lipinski definition) is 6. The Labute approximate surface area is 205 Å². The lowest BCUT2D eigenvalue weighted by atomic mass is 9.98. The molecule has 0 atom stereocenters. The van der Waals surface area contributed by atoms with Crippen molar-refractivity contribution in [2.24, 2.45) is 0 Å². The molecule has 35 heavy (non-hydrogen) atoms. The molecule has 0 amide bonds. The lowest BCUT2D eigenvalue weighted by molar-refractivity contribution is 0.0928. The van der Waals surface area contributed by atoms with Crippen molar-refractivity contribution < 1.29 is 23.7 Å². The van der Waals surface area contributed by atoms with Crippen LogP contribution in [0.5, 0.6) is 23.0 Å². The number of rotatable bonds is 7. The molecule has 2 aliphatic rings. The third-order valence-electron chi connectivity index (χ3n) is 6.48. The van der Waals surface area contributed by atoms with E-state index in [-0.39, 0.29) is 5.78 Å². The molecule has 0 N–H and O–H groups in total. The molecule has 5 rings (SSSR count). The molecular weight excluding hydrogens is 442 g/mol. The van der Waals surface area contributed by atoms with Gasteiger partial charge in [-0.25, -0.2) is 0 Å². The van der Waals surface area contributed by atoms with Crippen LogP contribution in [-0.2, 0) is 13.0 Å². The second-order valence-electron chi connectivity index (χ2n) is 8.84. The van der Waals surface area contributed by atoms with Crippen LogP contribution in [0, 0.1) is 6.92 Å². The van der Waals surface area contributed by atoms with E-state index in [2.05, 4.69) is 29.2 Å². The molecule has 0 saturated carbocycles. The largest absolute Gasteiger partial charge is 0.493 e. The average Bonchev–Trinajstić information content (AvgIpc) is 3.21. The van der Waals surface area contributed by atoms with Gasteiger partial charge in [0.05, 0.1) is 25.3 Å². The Kier molecular flexibility index (Phi) is 6.47. The summed E-state index contributed by atoms with van der Waals surface area (Å²) < 4.78 is 23.0. The van der Waals surface area contributed by atoms with Gasteiger partial charge in [-0.1, -0.05) is 36.4 Å². The monoisotopic (exact) mass is 471 g/mol. The summed E-state index contributed by atoms with van der Waals surface area (Å²) in [7, 11) is 3.18. The fourth-order valence-corrected chi connectivity index (χ4v) is 4.66. The Bertz CT molecular complexity index is 1280. The number of ether oxygens (including phenoxy) is 4. The van der Waals surface area contributed by atoms with Crippen LogP contribution in [0.1, 0.15) is 39.0 Å².